The molecule has 5 aromatic carbocycles. The van der Waals surface area contributed by atoms with Gasteiger partial charge in [-0.2, -0.15) is 0 Å². The van der Waals surface area contributed by atoms with Crippen LogP contribution in [0.25, 0.3) is 24.3 Å². The van der Waals surface area contributed by atoms with Crippen LogP contribution in [0.3, 0.4) is 0 Å². The molecule has 43 heavy (non-hydrogen) atoms. The van der Waals surface area contributed by atoms with Crippen molar-refractivity contribution in [1.82, 2.24) is 0 Å². The predicted octanol–water partition coefficient (Wildman–Crippen LogP) is 11.9. The van der Waals surface area contributed by atoms with Crippen molar-refractivity contribution in [2.24, 2.45) is 0 Å². The summed E-state index contributed by atoms with van der Waals surface area (Å²) in [6, 6.07) is 47.1. The maximum Gasteiger partial charge on any atom is 0.0462 e. The Labute approximate surface area is 257 Å². The molecule has 0 bridgehead atoms. The van der Waals surface area contributed by atoms with E-state index in [9.17, 15) is 0 Å². The Morgan fingerprint density at radius 3 is 1.00 bits per heavy atom. The molecule has 0 aliphatic heterocycles. The first-order valence-corrected chi connectivity index (χ1v) is 14.9. The SMILES string of the molecule is CC(C)(C)c1ccc(N(c2ccc(C=CC=Cc3ccccc3)cc2)c2ccc(C=CC=Cc3ccccc3)cc2)cc1. The minimum Gasteiger partial charge on any atom is -0.311 e. The Hall–Kier alpha value is -5.14. The third-order valence-electron chi connectivity index (χ3n) is 7.27. The summed E-state index contributed by atoms with van der Waals surface area (Å²) in [5.74, 6) is 0. The molecule has 0 saturated heterocycles. The van der Waals surface area contributed by atoms with Crippen molar-refractivity contribution in [3.05, 3.63) is 186 Å². The smallest absolute Gasteiger partial charge is 0.0462 e. The van der Waals surface area contributed by atoms with E-state index in [2.05, 4.69) is 196 Å². The molecule has 0 aliphatic carbocycles. The van der Waals surface area contributed by atoms with Gasteiger partial charge in [-0.25, -0.2) is 0 Å². The van der Waals surface area contributed by atoms with E-state index >= 15 is 0 Å². The highest BCUT2D eigenvalue weighted by atomic mass is 15.1. The molecule has 0 amide bonds. The first-order valence-electron chi connectivity index (χ1n) is 14.9. The van der Waals surface area contributed by atoms with E-state index in [0.29, 0.717) is 0 Å². The van der Waals surface area contributed by atoms with E-state index in [-0.39, 0.29) is 5.41 Å². The van der Waals surface area contributed by atoms with Gasteiger partial charge in [-0.3, -0.25) is 0 Å². The minimum absolute atomic E-state index is 0.106. The Kier molecular flexibility index (Phi) is 9.67. The maximum absolute atomic E-state index is 2.32. The van der Waals surface area contributed by atoms with Gasteiger partial charge < -0.3 is 4.90 Å². The van der Waals surface area contributed by atoms with Crippen molar-refractivity contribution < 1.29 is 0 Å². The lowest BCUT2D eigenvalue weighted by molar-refractivity contribution is 0.590. The standard InChI is InChI=1S/C42H39N/c1-42(2,3)38-26-32-41(33-27-38)43(39-28-22-36(23-29-39)20-12-10-18-34-14-6-4-7-15-34)40-30-24-37(25-31-40)21-13-11-19-35-16-8-5-9-17-35/h4-33H,1-3H3. The maximum atomic E-state index is 2.32. The number of benzene rings is 5. The molecule has 0 N–H and O–H groups in total. The summed E-state index contributed by atoms with van der Waals surface area (Å²) in [4.78, 5) is 2.32. The highest BCUT2D eigenvalue weighted by Gasteiger charge is 2.16. The van der Waals surface area contributed by atoms with Gasteiger partial charge in [0.2, 0.25) is 0 Å². The molecule has 0 unspecified atom stereocenters. The van der Waals surface area contributed by atoms with Gasteiger partial charge in [0.25, 0.3) is 0 Å². The van der Waals surface area contributed by atoms with Gasteiger partial charge in [-0.05, 0) is 69.6 Å². The molecule has 5 aromatic rings. The lowest BCUT2D eigenvalue weighted by Gasteiger charge is -2.27. The van der Waals surface area contributed by atoms with Gasteiger partial charge in [-0.15, -0.1) is 0 Å². The van der Waals surface area contributed by atoms with Crippen molar-refractivity contribution >= 4 is 41.4 Å². The molecule has 0 radical (unpaired) electrons. The van der Waals surface area contributed by atoms with Gasteiger partial charge in [0.05, 0.1) is 0 Å². The van der Waals surface area contributed by atoms with Gasteiger partial charge in [0.15, 0.2) is 0 Å². The molecule has 5 rings (SSSR count). The van der Waals surface area contributed by atoms with Crippen LogP contribution in [0.4, 0.5) is 17.1 Å². The van der Waals surface area contributed by atoms with E-state index in [0.717, 1.165) is 28.2 Å². The quantitative estimate of drug-likeness (QED) is 0.163. The summed E-state index contributed by atoms with van der Waals surface area (Å²) in [6.45, 7) is 6.76. The normalized spacial score (nSPS) is 12.2. The third-order valence-corrected chi connectivity index (χ3v) is 7.27. The van der Waals surface area contributed by atoms with Crippen LogP contribution < -0.4 is 4.90 Å². The molecule has 0 aliphatic rings. The number of anilines is 3. The van der Waals surface area contributed by atoms with Crippen LogP contribution in [0.2, 0.25) is 0 Å². The van der Waals surface area contributed by atoms with E-state index in [1.165, 1.54) is 16.7 Å². The molecule has 0 heterocycles. The summed E-state index contributed by atoms with van der Waals surface area (Å²) in [6.07, 6.45) is 16.9. The Morgan fingerprint density at radius 2 is 0.674 bits per heavy atom. The van der Waals surface area contributed by atoms with Crippen LogP contribution in [-0.4, -0.2) is 0 Å². The molecule has 1 heteroatoms. The topological polar surface area (TPSA) is 3.24 Å². The number of rotatable bonds is 9. The average molecular weight is 558 g/mol. The zero-order valence-electron chi connectivity index (χ0n) is 25.3. The summed E-state index contributed by atoms with van der Waals surface area (Å²) in [5, 5.41) is 0. The second-order valence-corrected chi connectivity index (χ2v) is 11.6. The molecular formula is C42H39N. The molecule has 212 valence electrons. The number of nitrogens with zero attached hydrogens (tertiary/aromatic N) is 1. The van der Waals surface area contributed by atoms with Gasteiger partial charge >= 0.3 is 0 Å². The predicted molar refractivity (Wildman–Crippen MR) is 189 cm³/mol. The summed E-state index contributed by atoms with van der Waals surface area (Å²) in [5.41, 5.74) is 9.52. The molecule has 0 atom stereocenters. The van der Waals surface area contributed by atoms with Crippen LogP contribution in [-0.2, 0) is 5.41 Å². The Morgan fingerprint density at radius 1 is 0.372 bits per heavy atom. The van der Waals surface area contributed by atoms with E-state index in [4.69, 9.17) is 0 Å². The summed E-state index contributed by atoms with van der Waals surface area (Å²) >= 11 is 0. The van der Waals surface area contributed by atoms with E-state index < -0.39 is 0 Å². The summed E-state index contributed by atoms with van der Waals surface area (Å²) < 4.78 is 0. The van der Waals surface area contributed by atoms with Gasteiger partial charge in [0, 0.05) is 17.1 Å². The van der Waals surface area contributed by atoms with E-state index in [1.54, 1.807) is 0 Å². The Balaban J connectivity index is 1.37. The number of allylic oxidation sites excluding steroid dienone is 4. The van der Waals surface area contributed by atoms with Crippen molar-refractivity contribution in [1.29, 1.82) is 0 Å². The fourth-order valence-corrected chi connectivity index (χ4v) is 4.82. The minimum atomic E-state index is 0.106. The first-order chi connectivity index (χ1) is 21.0. The highest BCUT2D eigenvalue weighted by Crippen LogP contribution is 2.36. The monoisotopic (exact) mass is 557 g/mol. The van der Waals surface area contributed by atoms with Crippen LogP contribution >= 0.6 is 0 Å². The van der Waals surface area contributed by atoms with E-state index in [1.807, 2.05) is 12.1 Å². The summed E-state index contributed by atoms with van der Waals surface area (Å²) in [7, 11) is 0. The number of hydrogen-bond donors (Lipinski definition) is 0. The zero-order chi connectivity index (χ0) is 29.9. The Bertz CT molecular complexity index is 1580. The van der Waals surface area contributed by atoms with Crippen molar-refractivity contribution in [2.75, 3.05) is 4.90 Å². The van der Waals surface area contributed by atoms with Crippen LogP contribution in [0.5, 0.6) is 0 Å². The molecule has 0 fully saturated rings. The van der Waals surface area contributed by atoms with Crippen LogP contribution in [0.15, 0.2) is 158 Å². The largest absolute Gasteiger partial charge is 0.311 e. The van der Waals surface area contributed by atoms with Gasteiger partial charge in [-0.1, -0.05) is 166 Å². The van der Waals surface area contributed by atoms with Crippen molar-refractivity contribution in [3.63, 3.8) is 0 Å². The molecular weight excluding hydrogens is 518 g/mol. The zero-order valence-corrected chi connectivity index (χ0v) is 25.3. The fourth-order valence-electron chi connectivity index (χ4n) is 4.82. The first kappa shape index (κ1) is 29.4. The average Bonchev–Trinajstić information content (AvgIpc) is 3.04. The fraction of sp³-hybridized carbons (Fsp3) is 0.0952. The van der Waals surface area contributed by atoms with Crippen molar-refractivity contribution in [2.45, 2.75) is 26.2 Å². The molecule has 0 saturated carbocycles. The second-order valence-electron chi connectivity index (χ2n) is 11.6. The molecule has 1 nitrogen and oxygen atoms in total. The third kappa shape index (κ3) is 8.44. The number of hydrogen-bond acceptors (Lipinski definition) is 1. The van der Waals surface area contributed by atoms with Gasteiger partial charge in [0.1, 0.15) is 0 Å². The molecule has 0 aromatic heterocycles. The molecule has 0 spiro atoms. The second kappa shape index (κ2) is 14.2. The highest BCUT2D eigenvalue weighted by molar-refractivity contribution is 5.78. The lowest BCUT2D eigenvalue weighted by atomic mass is 9.87. The van der Waals surface area contributed by atoms with Crippen LogP contribution in [0.1, 0.15) is 48.6 Å². The van der Waals surface area contributed by atoms with Crippen molar-refractivity contribution in [3.8, 4) is 0 Å². The lowest BCUT2D eigenvalue weighted by Crippen LogP contribution is -2.13. The van der Waals surface area contributed by atoms with Crippen LogP contribution in [0, 0.1) is 0 Å².